The second-order valence-corrected chi connectivity index (χ2v) is 7.57. The van der Waals surface area contributed by atoms with Gasteiger partial charge in [-0.25, -0.2) is 0 Å². The number of amides is 1. The summed E-state index contributed by atoms with van der Waals surface area (Å²) >= 11 is 6.00. The van der Waals surface area contributed by atoms with Crippen LogP contribution >= 0.6 is 11.6 Å². The smallest absolute Gasteiger partial charge is 0.300 e. The van der Waals surface area contributed by atoms with Crippen LogP contribution in [0.15, 0.2) is 64.6 Å². The molecule has 0 radical (unpaired) electrons. The van der Waals surface area contributed by atoms with Gasteiger partial charge in [-0.15, -0.1) is 0 Å². The van der Waals surface area contributed by atoms with Crippen molar-refractivity contribution >= 4 is 34.7 Å². The van der Waals surface area contributed by atoms with Gasteiger partial charge in [0.05, 0.1) is 19.8 Å². The third-order valence-corrected chi connectivity index (χ3v) is 5.50. The first-order valence-corrected chi connectivity index (χ1v) is 10.1. The molecule has 164 valence electrons. The highest BCUT2D eigenvalue weighted by molar-refractivity contribution is 6.51. The topological polar surface area (TPSA) is 89.2 Å². The molecule has 1 unspecified atom stereocenters. The van der Waals surface area contributed by atoms with Gasteiger partial charge in [-0.1, -0.05) is 17.7 Å². The van der Waals surface area contributed by atoms with Gasteiger partial charge in [-0.2, -0.15) is 0 Å². The van der Waals surface area contributed by atoms with Crippen molar-refractivity contribution in [3.05, 3.63) is 82.3 Å². The van der Waals surface area contributed by atoms with E-state index in [1.807, 2.05) is 0 Å². The van der Waals surface area contributed by atoms with Gasteiger partial charge in [0, 0.05) is 10.7 Å². The van der Waals surface area contributed by atoms with Gasteiger partial charge < -0.3 is 19.0 Å². The summed E-state index contributed by atoms with van der Waals surface area (Å²) in [7, 11) is 2.87. The van der Waals surface area contributed by atoms with E-state index < -0.39 is 23.5 Å². The number of ketones is 1. The van der Waals surface area contributed by atoms with Gasteiger partial charge in [-0.3, -0.25) is 14.5 Å². The first kappa shape index (κ1) is 21.5. The molecule has 8 heteroatoms. The molecule has 1 saturated heterocycles. The van der Waals surface area contributed by atoms with Gasteiger partial charge >= 0.3 is 0 Å². The average molecular weight is 454 g/mol. The molecule has 0 aliphatic carbocycles. The number of halogens is 1. The predicted octanol–water partition coefficient (Wildman–Crippen LogP) is 4.88. The molecule has 7 nitrogen and oxygen atoms in total. The minimum Gasteiger partial charge on any atom is -0.506 e. The molecule has 2 heterocycles. The third kappa shape index (κ3) is 3.50. The number of aliphatic hydroxyl groups is 1. The summed E-state index contributed by atoms with van der Waals surface area (Å²) < 4.78 is 16.5. The van der Waals surface area contributed by atoms with Crippen molar-refractivity contribution in [2.24, 2.45) is 0 Å². The van der Waals surface area contributed by atoms with Crippen molar-refractivity contribution in [2.75, 3.05) is 19.1 Å². The van der Waals surface area contributed by atoms with Gasteiger partial charge in [0.1, 0.15) is 40.4 Å². The molecule has 2 aromatic carbocycles. The van der Waals surface area contributed by atoms with Crippen LogP contribution in [0, 0.1) is 6.92 Å². The van der Waals surface area contributed by atoms with Gasteiger partial charge in [0.2, 0.25) is 0 Å². The number of Topliss-reactive ketones (excluding diaryl/α,β-unsaturated/α-hetero) is 1. The fourth-order valence-corrected chi connectivity index (χ4v) is 3.92. The number of carbonyl (C=O) groups is 2. The quantitative estimate of drug-likeness (QED) is 0.336. The zero-order valence-electron chi connectivity index (χ0n) is 17.6. The second-order valence-electron chi connectivity index (χ2n) is 7.13. The minimum absolute atomic E-state index is 0.137. The molecule has 4 rings (SSSR count). The molecule has 1 amide bonds. The lowest BCUT2D eigenvalue weighted by Crippen LogP contribution is -2.29. The summed E-state index contributed by atoms with van der Waals surface area (Å²) in [6, 6.07) is 13.8. The fourth-order valence-electron chi connectivity index (χ4n) is 3.79. The zero-order chi connectivity index (χ0) is 23.0. The molecule has 1 aromatic heterocycles. The molecule has 1 N–H and O–H groups in total. The summed E-state index contributed by atoms with van der Waals surface area (Å²) in [6.07, 6.45) is 0. The standard InChI is InChI=1S/C24H20ClNO6/c1-13-7-12-18(32-13)21-20(22(27)19-16(30-2)5-4-6-17(19)31-3)23(28)24(29)26(21)15-10-8-14(25)9-11-15/h4-12,21,27H,1-3H3/b22-20+. The highest BCUT2D eigenvalue weighted by Crippen LogP contribution is 2.45. The first-order chi connectivity index (χ1) is 15.4. The summed E-state index contributed by atoms with van der Waals surface area (Å²) in [6.45, 7) is 1.75. The van der Waals surface area contributed by atoms with Crippen LogP contribution in [0.25, 0.3) is 5.76 Å². The zero-order valence-corrected chi connectivity index (χ0v) is 18.3. The maximum atomic E-state index is 13.2. The number of rotatable bonds is 5. The van der Waals surface area contributed by atoms with Gasteiger partial charge in [-0.05, 0) is 55.5 Å². The number of furan rings is 1. The van der Waals surface area contributed by atoms with E-state index in [2.05, 4.69) is 0 Å². The van der Waals surface area contributed by atoms with Gasteiger partial charge in [0.15, 0.2) is 0 Å². The van der Waals surface area contributed by atoms with Crippen molar-refractivity contribution < 1.29 is 28.6 Å². The maximum absolute atomic E-state index is 13.2. The van der Waals surface area contributed by atoms with Crippen LogP contribution in [-0.2, 0) is 9.59 Å². The Morgan fingerprint density at radius 1 is 1.00 bits per heavy atom. The Kier molecular flexibility index (Phi) is 5.67. The molecule has 0 saturated carbocycles. The Morgan fingerprint density at radius 3 is 2.16 bits per heavy atom. The number of ether oxygens (including phenoxy) is 2. The Hall–Kier alpha value is -3.71. The van der Waals surface area contributed by atoms with Gasteiger partial charge in [0.25, 0.3) is 11.7 Å². The van der Waals surface area contributed by atoms with Crippen LogP contribution in [0.4, 0.5) is 5.69 Å². The monoisotopic (exact) mass is 453 g/mol. The molecular weight excluding hydrogens is 434 g/mol. The van der Waals surface area contributed by atoms with E-state index >= 15 is 0 Å². The molecular formula is C24H20ClNO6. The lowest BCUT2D eigenvalue weighted by molar-refractivity contribution is -0.132. The molecule has 1 fully saturated rings. The SMILES string of the molecule is COc1cccc(OC)c1/C(O)=C1\C(=O)C(=O)N(c2ccc(Cl)cc2)C1c1ccc(C)o1. The van der Waals surface area contributed by atoms with E-state index in [9.17, 15) is 14.7 Å². The Labute approximate surface area is 189 Å². The third-order valence-electron chi connectivity index (χ3n) is 5.24. The normalized spacial score (nSPS) is 17.6. The minimum atomic E-state index is -1.00. The highest BCUT2D eigenvalue weighted by atomic mass is 35.5. The largest absolute Gasteiger partial charge is 0.506 e. The number of anilines is 1. The number of hydrogen-bond donors (Lipinski definition) is 1. The number of aryl methyl sites for hydroxylation is 1. The number of benzene rings is 2. The fraction of sp³-hybridized carbons (Fsp3) is 0.167. The first-order valence-electron chi connectivity index (χ1n) is 9.71. The van der Waals surface area contributed by atoms with Crippen LogP contribution in [0.2, 0.25) is 5.02 Å². The summed E-state index contributed by atoms with van der Waals surface area (Å²) in [5.74, 6) is -0.592. The molecule has 1 atom stereocenters. The Morgan fingerprint density at radius 2 is 1.62 bits per heavy atom. The van der Waals surface area contributed by atoms with E-state index in [1.165, 1.54) is 19.1 Å². The summed E-state index contributed by atoms with van der Waals surface area (Å²) in [5.41, 5.74) is 0.462. The lowest BCUT2D eigenvalue weighted by atomic mass is 9.98. The molecule has 32 heavy (non-hydrogen) atoms. The molecule has 1 aliphatic rings. The van der Waals surface area contributed by atoms with Crippen molar-refractivity contribution in [1.29, 1.82) is 0 Å². The Bertz CT molecular complexity index is 1210. The molecule has 0 spiro atoms. The lowest BCUT2D eigenvalue weighted by Gasteiger charge is -2.23. The highest BCUT2D eigenvalue weighted by Gasteiger charge is 2.49. The van der Waals surface area contributed by atoms with Crippen molar-refractivity contribution in [3.63, 3.8) is 0 Å². The van der Waals surface area contributed by atoms with Crippen molar-refractivity contribution in [1.82, 2.24) is 0 Å². The van der Waals surface area contributed by atoms with E-state index in [0.29, 0.717) is 22.2 Å². The van der Waals surface area contributed by atoms with Crippen LogP contribution in [0.5, 0.6) is 11.5 Å². The number of carbonyl (C=O) groups excluding carboxylic acids is 2. The van der Waals surface area contributed by atoms with Crippen molar-refractivity contribution in [2.45, 2.75) is 13.0 Å². The van der Waals surface area contributed by atoms with Crippen molar-refractivity contribution in [3.8, 4) is 11.5 Å². The number of methoxy groups -OCH3 is 2. The van der Waals surface area contributed by atoms with E-state index in [0.717, 1.165) is 0 Å². The Balaban J connectivity index is 1.99. The number of hydrogen-bond acceptors (Lipinski definition) is 6. The van der Waals surface area contributed by atoms with Crippen LogP contribution < -0.4 is 14.4 Å². The second kappa shape index (κ2) is 8.43. The predicted molar refractivity (Wildman–Crippen MR) is 119 cm³/mol. The average Bonchev–Trinajstić information content (AvgIpc) is 3.34. The number of nitrogens with zero attached hydrogens (tertiary/aromatic N) is 1. The molecule has 1 aliphatic heterocycles. The van der Waals surface area contributed by atoms with Crippen LogP contribution in [0.1, 0.15) is 23.1 Å². The van der Waals surface area contributed by atoms with Crippen LogP contribution in [0.3, 0.4) is 0 Å². The summed E-state index contributed by atoms with van der Waals surface area (Å²) in [5, 5.41) is 11.8. The van der Waals surface area contributed by atoms with E-state index in [-0.39, 0.29) is 22.6 Å². The molecule has 0 bridgehead atoms. The summed E-state index contributed by atoms with van der Waals surface area (Å²) in [4.78, 5) is 27.6. The van der Waals surface area contributed by atoms with Crippen LogP contribution in [-0.4, -0.2) is 31.0 Å². The molecule has 3 aromatic rings. The number of aliphatic hydroxyl groups excluding tert-OH is 1. The maximum Gasteiger partial charge on any atom is 0.300 e. The van der Waals surface area contributed by atoms with E-state index in [1.54, 1.807) is 61.5 Å². The van der Waals surface area contributed by atoms with E-state index in [4.69, 9.17) is 25.5 Å².